The molecular weight excluding hydrogens is 393 g/mol. The van der Waals surface area contributed by atoms with E-state index in [1.807, 2.05) is 0 Å². The molecule has 0 atom stereocenters. The molecule has 0 saturated carbocycles. The van der Waals surface area contributed by atoms with Gasteiger partial charge in [-0.05, 0) is 30.3 Å². The summed E-state index contributed by atoms with van der Waals surface area (Å²) in [6, 6.07) is 13.4. The summed E-state index contributed by atoms with van der Waals surface area (Å²) in [7, 11) is 0. The topological polar surface area (TPSA) is 79.8 Å². The molecule has 0 fully saturated rings. The third-order valence-corrected chi connectivity index (χ3v) is 4.92. The second kappa shape index (κ2) is 7.67. The number of nitro benzene ring substituents is 1. The van der Waals surface area contributed by atoms with Crippen molar-refractivity contribution in [1.82, 2.24) is 4.98 Å². The maximum Gasteiger partial charge on any atom is 0.276 e. The number of hydrogen-bond acceptors (Lipinski definition) is 5. The molecule has 0 radical (unpaired) electrons. The number of aromatic nitrogens is 1. The highest BCUT2D eigenvalue weighted by Gasteiger charge is 2.15. The summed E-state index contributed by atoms with van der Waals surface area (Å²) in [6.07, 6.45) is 1.46. The van der Waals surface area contributed by atoms with Gasteiger partial charge in [0.1, 0.15) is 11.1 Å². The number of rotatable bonds is 4. The van der Waals surface area contributed by atoms with E-state index >= 15 is 0 Å². The molecule has 0 aliphatic heterocycles. The first-order valence-corrected chi connectivity index (χ1v) is 8.89. The van der Waals surface area contributed by atoms with Crippen LogP contribution in [0.1, 0.15) is 10.6 Å². The van der Waals surface area contributed by atoms with E-state index in [0.717, 1.165) is 0 Å². The van der Waals surface area contributed by atoms with Crippen molar-refractivity contribution >= 4 is 51.9 Å². The standard InChI is InChI=1S/C18H9Cl2N3O2S/c19-13-5-6-14(15(20)8-13)16-10-26-18(22-16)12(9-21)7-11-3-1-2-4-17(11)23(24)25/h1-8,10H/b12-7+. The fraction of sp³-hybridized carbons (Fsp3) is 0. The Morgan fingerprint density at radius 3 is 2.73 bits per heavy atom. The zero-order valence-electron chi connectivity index (χ0n) is 13.0. The number of benzene rings is 2. The van der Waals surface area contributed by atoms with Crippen LogP contribution in [0.5, 0.6) is 0 Å². The van der Waals surface area contributed by atoms with E-state index in [9.17, 15) is 15.4 Å². The number of thiazole rings is 1. The van der Waals surface area contributed by atoms with Crippen LogP contribution < -0.4 is 0 Å². The van der Waals surface area contributed by atoms with Crippen molar-refractivity contribution in [3.05, 3.63) is 78.6 Å². The van der Waals surface area contributed by atoms with Crippen LogP contribution in [0.3, 0.4) is 0 Å². The highest BCUT2D eigenvalue weighted by Crippen LogP contribution is 2.33. The molecule has 5 nitrogen and oxygen atoms in total. The molecule has 1 heterocycles. The molecule has 3 aromatic rings. The van der Waals surface area contributed by atoms with Gasteiger partial charge in [-0.15, -0.1) is 11.3 Å². The van der Waals surface area contributed by atoms with Crippen LogP contribution in [0.4, 0.5) is 5.69 Å². The SMILES string of the molecule is N#C/C(=C\c1ccccc1[N+](=O)[O-])c1nc(-c2ccc(Cl)cc2Cl)cs1. The quantitative estimate of drug-likeness (QED) is 0.301. The molecule has 3 rings (SSSR count). The lowest BCUT2D eigenvalue weighted by molar-refractivity contribution is -0.385. The van der Waals surface area contributed by atoms with Crippen LogP contribution >= 0.6 is 34.5 Å². The van der Waals surface area contributed by atoms with E-state index in [2.05, 4.69) is 11.1 Å². The molecule has 128 valence electrons. The van der Waals surface area contributed by atoms with Gasteiger partial charge in [0.15, 0.2) is 0 Å². The van der Waals surface area contributed by atoms with E-state index in [1.165, 1.54) is 23.5 Å². The van der Waals surface area contributed by atoms with Crippen molar-refractivity contribution in [2.75, 3.05) is 0 Å². The maximum absolute atomic E-state index is 11.1. The van der Waals surface area contributed by atoms with Crippen LogP contribution in [0.25, 0.3) is 22.9 Å². The Hall–Kier alpha value is -2.72. The first-order chi connectivity index (χ1) is 12.5. The average Bonchev–Trinajstić information content (AvgIpc) is 3.09. The third-order valence-electron chi connectivity index (χ3n) is 3.50. The van der Waals surface area contributed by atoms with Crippen LogP contribution in [-0.2, 0) is 0 Å². The Morgan fingerprint density at radius 2 is 2.04 bits per heavy atom. The van der Waals surface area contributed by atoms with Gasteiger partial charge in [0.2, 0.25) is 0 Å². The van der Waals surface area contributed by atoms with Crippen molar-refractivity contribution < 1.29 is 4.92 Å². The first-order valence-electron chi connectivity index (χ1n) is 7.26. The minimum Gasteiger partial charge on any atom is -0.258 e. The number of halogens is 2. The van der Waals surface area contributed by atoms with E-state index in [0.29, 0.717) is 31.9 Å². The van der Waals surface area contributed by atoms with E-state index in [4.69, 9.17) is 23.2 Å². The summed E-state index contributed by atoms with van der Waals surface area (Å²) in [5.74, 6) is 0. The average molecular weight is 402 g/mol. The molecule has 1 aromatic heterocycles. The molecule has 0 saturated heterocycles. The van der Waals surface area contributed by atoms with E-state index in [-0.39, 0.29) is 11.3 Å². The summed E-state index contributed by atoms with van der Waals surface area (Å²) in [5, 5.41) is 23.8. The Bertz CT molecular complexity index is 1070. The lowest BCUT2D eigenvalue weighted by Gasteiger charge is -2.01. The summed E-state index contributed by atoms with van der Waals surface area (Å²) in [4.78, 5) is 15.1. The van der Waals surface area contributed by atoms with Gasteiger partial charge in [0, 0.05) is 22.0 Å². The number of para-hydroxylation sites is 1. The van der Waals surface area contributed by atoms with Gasteiger partial charge >= 0.3 is 0 Å². The van der Waals surface area contributed by atoms with E-state index in [1.54, 1.807) is 41.8 Å². The van der Waals surface area contributed by atoms with Crippen molar-refractivity contribution in [3.63, 3.8) is 0 Å². The van der Waals surface area contributed by atoms with Gasteiger partial charge < -0.3 is 0 Å². The smallest absolute Gasteiger partial charge is 0.258 e. The van der Waals surface area contributed by atoms with Gasteiger partial charge in [0.05, 0.1) is 26.8 Å². The number of allylic oxidation sites excluding steroid dienone is 1. The summed E-state index contributed by atoms with van der Waals surface area (Å²) in [5.41, 5.74) is 1.81. The van der Waals surface area contributed by atoms with Crippen LogP contribution in [-0.4, -0.2) is 9.91 Å². The molecule has 0 spiro atoms. The summed E-state index contributed by atoms with van der Waals surface area (Å²) >= 11 is 13.4. The van der Waals surface area contributed by atoms with Crippen LogP contribution in [0, 0.1) is 21.4 Å². The zero-order chi connectivity index (χ0) is 18.7. The lowest BCUT2D eigenvalue weighted by atomic mass is 10.1. The van der Waals surface area contributed by atoms with Crippen molar-refractivity contribution in [3.8, 4) is 17.3 Å². The van der Waals surface area contributed by atoms with Crippen LogP contribution in [0.15, 0.2) is 47.8 Å². The van der Waals surface area contributed by atoms with Crippen molar-refractivity contribution in [2.45, 2.75) is 0 Å². The van der Waals surface area contributed by atoms with Crippen LogP contribution in [0.2, 0.25) is 10.0 Å². The maximum atomic E-state index is 11.1. The third kappa shape index (κ3) is 3.75. The molecule has 0 unspecified atom stereocenters. The second-order valence-electron chi connectivity index (χ2n) is 5.15. The lowest BCUT2D eigenvalue weighted by Crippen LogP contribution is -1.91. The van der Waals surface area contributed by atoms with Gasteiger partial charge in [-0.3, -0.25) is 10.1 Å². The van der Waals surface area contributed by atoms with Gasteiger partial charge in [-0.2, -0.15) is 5.26 Å². The highest BCUT2D eigenvalue weighted by atomic mass is 35.5. The highest BCUT2D eigenvalue weighted by molar-refractivity contribution is 7.11. The molecule has 0 aliphatic carbocycles. The minimum absolute atomic E-state index is 0.0715. The molecule has 2 aromatic carbocycles. The Morgan fingerprint density at radius 1 is 1.27 bits per heavy atom. The largest absolute Gasteiger partial charge is 0.276 e. The number of hydrogen-bond donors (Lipinski definition) is 0. The second-order valence-corrected chi connectivity index (χ2v) is 6.85. The number of nitrogens with zero attached hydrogens (tertiary/aromatic N) is 3. The Labute approximate surface area is 162 Å². The molecule has 8 heteroatoms. The molecular formula is C18H9Cl2N3O2S. The predicted molar refractivity (Wildman–Crippen MR) is 104 cm³/mol. The van der Waals surface area contributed by atoms with Gasteiger partial charge in [-0.25, -0.2) is 4.98 Å². The predicted octanol–water partition coefficient (Wildman–Crippen LogP) is 6.09. The first kappa shape index (κ1) is 18.1. The fourth-order valence-corrected chi connectivity index (χ4v) is 3.58. The Kier molecular flexibility index (Phi) is 5.33. The zero-order valence-corrected chi connectivity index (χ0v) is 15.3. The van der Waals surface area contributed by atoms with E-state index < -0.39 is 4.92 Å². The summed E-state index contributed by atoms with van der Waals surface area (Å²) < 4.78 is 0. The van der Waals surface area contributed by atoms with Crippen molar-refractivity contribution in [1.29, 1.82) is 5.26 Å². The summed E-state index contributed by atoms with van der Waals surface area (Å²) in [6.45, 7) is 0. The van der Waals surface area contributed by atoms with Gasteiger partial charge in [-0.1, -0.05) is 35.3 Å². The molecule has 26 heavy (non-hydrogen) atoms. The monoisotopic (exact) mass is 401 g/mol. The normalized spacial score (nSPS) is 11.2. The molecule has 0 N–H and O–H groups in total. The minimum atomic E-state index is -0.485. The molecule has 0 amide bonds. The van der Waals surface area contributed by atoms with Gasteiger partial charge in [0.25, 0.3) is 5.69 Å². The Balaban J connectivity index is 2.02. The number of nitro groups is 1. The number of nitriles is 1. The molecule has 0 bridgehead atoms. The molecule has 0 aliphatic rings. The fourth-order valence-electron chi connectivity index (χ4n) is 2.29. The van der Waals surface area contributed by atoms with Crippen molar-refractivity contribution in [2.24, 2.45) is 0 Å².